The van der Waals surface area contributed by atoms with Gasteiger partial charge in [-0.2, -0.15) is 0 Å². The highest BCUT2D eigenvalue weighted by atomic mass is 32.1. The molecule has 0 aromatic rings. The van der Waals surface area contributed by atoms with Crippen molar-refractivity contribution in [3.8, 4) is 0 Å². The van der Waals surface area contributed by atoms with Crippen LogP contribution >= 0.6 is 12.2 Å². The summed E-state index contributed by atoms with van der Waals surface area (Å²) in [6.07, 6.45) is 7.78. The van der Waals surface area contributed by atoms with Crippen LogP contribution in [-0.2, 0) is 4.74 Å². The fraction of sp³-hybridized carbons (Fsp3) is 0.938. The van der Waals surface area contributed by atoms with Gasteiger partial charge in [0.15, 0.2) is 5.11 Å². The first-order valence-electron chi connectivity index (χ1n) is 8.17. The van der Waals surface area contributed by atoms with Crippen LogP contribution in [0.15, 0.2) is 0 Å². The molecule has 4 heteroatoms. The van der Waals surface area contributed by atoms with Crippen molar-refractivity contribution in [1.82, 2.24) is 10.6 Å². The molecular weight excluding hydrogens is 268 g/mol. The largest absolute Gasteiger partial charge is 0.382 e. The first kappa shape index (κ1) is 17.7. The smallest absolute Gasteiger partial charge is 0.166 e. The molecule has 0 amide bonds. The molecule has 0 radical (unpaired) electrons. The predicted octanol–water partition coefficient (Wildman–Crippen LogP) is 3.48. The minimum atomic E-state index is 0.477. The van der Waals surface area contributed by atoms with E-state index in [-0.39, 0.29) is 0 Å². The van der Waals surface area contributed by atoms with E-state index >= 15 is 0 Å². The molecule has 2 N–H and O–H groups in total. The van der Waals surface area contributed by atoms with Crippen LogP contribution in [0.3, 0.4) is 0 Å². The maximum atomic E-state index is 5.37. The molecule has 1 aliphatic rings. The second-order valence-electron chi connectivity index (χ2n) is 6.47. The van der Waals surface area contributed by atoms with E-state index in [1.165, 1.54) is 32.1 Å². The summed E-state index contributed by atoms with van der Waals surface area (Å²) in [4.78, 5) is 0. The lowest BCUT2D eigenvalue weighted by atomic mass is 9.78. The zero-order chi connectivity index (χ0) is 14.8. The Morgan fingerprint density at radius 1 is 1.25 bits per heavy atom. The number of rotatable bonds is 9. The van der Waals surface area contributed by atoms with Crippen LogP contribution in [0.4, 0.5) is 0 Å². The first-order valence-corrected chi connectivity index (χ1v) is 8.58. The third kappa shape index (κ3) is 6.89. The van der Waals surface area contributed by atoms with Crippen molar-refractivity contribution in [2.45, 2.75) is 59.3 Å². The van der Waals surface area contributed by atoms with E-state index in [1.807, 2.05) is 6.92 Å². The summed E-state index contributed by atoms with van der Waals surface area (Å²) in [6.45, 7) is 10.2. The van der Waals surface area contributed by atoms with Crippen molar-refractivity contribution in [2.75, 3.05) is 26.3 Å². The van der Waals surface area contributed by atoms with Crippen LogP contribution in [0.25, 0.3) is 0 Å². The minimum absolute atomic E-state index is 0.477. The van der Waals surface area contributed by atoms with Gasteiger partial charge in [-0.25, -0.2) is 0 Å². The van der Waals surface area contributed by atoms with Gasteiger partial charge in [-0.1, -0.05) is 26.7 Å². The van der Waals surface area contributed by atoms with Gasteiger partial charge in [0.2, 0.25) is 0 Å². The van der Waals surface area contributed by atoms with Crippen molar-refractivity contribution < 1.29 is 4.74 Å². The summed E-state index contributed by atoms with van der Waals surface area (Å²) < 4.78 is 5.31. The molecule has 0 bridgehead atoms. The van der Waals surface area contributed by atoms with Gasteiger partial charge in [0, 0.05) is 26.3 Å². The summed E-state index contributed by atoms with van der Waals surface area (Å²) >= 11 is 5.37. The molecule has 0 aromatic carbocycles. The van der Waals surface area contributed by atoms with Crippen molar-refractivity contribution in [3.05, 3.63) is 0 Å². The Morgan fingerprint density at radius 3 is 2.55 bits per heavy atom. The number of hydrogen-bond donors (Lipinski definition) is 2. The molecule has 1 fully saturated rings. The van der Waals surface area contributed by atoms with Gasteiger partial charge in [-0.3, -0.25) is 0 Å². The van der Waals surface area contributed by atoms with Gasteiger partial charge in [0.05, 0.1) is 0 Å². The first-order chi connectivity index (χ1) is 9.58. The quantitative estimate of drug-likeness (QED) is 0.504. The van der Waals surface area contributed by atoms with E-state index < -0.39 is 0 Å². The molecule has 0 aliphatic heterocycles. The Kier molecular flexibility index (Phi) is 8.46. The topological polar surface area (TPSA) is 33.3 Å². The highest BCUT2D eigenvalue weighted by molar-refractivity contribution is 7.80. The van der Waals surface area contributed by atoms with E-state index in [0.717, 1.165) is 43.8 Å². The molecule has 0 atom stereocenters. The third-order valence-corrected chi connectivity index (χ3v) is 4.37. The average molecular weight is 301 g/mol. The third-order valence-electron chi connectivity index (χ3n) is 4.08. The number of hydrogen-bond acceptors (Lipinski definition) is 2. The van der Waals surface area contributed by atoms with Crippen molar-refractivity contribution in [1.29, 1.82) is 0 Å². The van der Waals surface area contributed by atoms with Gasteiger partial charge >= 0.3 is 0 Å². The van der Waals surface area contributed by atoms with Crippen LogP contribution in [0.1, 0.15) is 59.3 Å². The van der Waals surface area contributed by atoms with E-state index in [1.54, 1.807) is 0 Å². The fourth-order valence-electron chi connectivity index (χ4n) is 3.29. The molecule has 118 valence electrons. The number of ether oxygens (including phenoxy) is 1. The van der Waals surface area contributed by atoms with Gasteiger partial charge in [0.25, 0.3) is 0 Å². The summed E-state index contributed by atoms with van der Waals surface area (Å²) in [5.74, 6) is 0.766. The van der Waals surface area contributed by atoms with Crippen LogP contribution in [-0.4, -0.2) is 31.4 Å². The maximum absolute atomic E-state index is 5.37. The average Bonchev–Trinajstić information content (AvgIpc) is 2.84. The van der Waals surface area contributed by atoms with E-state index in [2.05, 4.69) is 24.5 Å². The Hall–Kier alpha value is -0.350. The van der Waals surface area contributed by atoms with Crippen molar-refractivity contribution >= 4 is 17.3 Å². The zero-order valence-electron chi connectivity index (χ0n) is 13.5. The number of nitrogens with one attached hydrogen (secondary N) is 2. The molecule has 0 spiro atoms. The Bertz CT molecular complexity index is 276. The molecular formula is C16H32N2OS. The SMILES string of the molecule is CCOCCCNC(=S)NCC1(CC(C)C)CCCC1. The Labute approximate surface area is 130 Å². The maximum Gasteiger partial charge on any atom is 0.166 e. The highest BCUT2D eigenvalue weighted by Gasteiger charge is 2.34. The molecule has 1 aliphatic carbocycles. The van der Waals surface area contributed by atoms with E-state index in [9.17, 15) is 0 Å². The van der Waals surface area contributed by atoms with Crippen molar-refractivity contribution in [3.63, 3.8) is 0 Å². The van der Waals surface area contributed by atoms with Crippen LogP contribution < -0.4 is 10.6 Å². The molecule has 0 aromatic heterocycles. The van der Waals surface area contributed by atoms with Crippen LogP contribution in [0.2, 0.25) is 0 Å². The fourth-order valence-corrected chi connectivity index (χ4v) is 3.47. The Balaban J connectivity index is 2.20. The predicted molar refractivity (Wildman–Crippen MR) is 90.1 cm³/mol. The minimum Gasteiger partial charge on any atom is -0.382 e. The Morgan fingerprint density at radius 2 is 1.95 bits per heavy atom. The monoisotopic (exact) mass is 300 g/mol. The van der Waals surface area contributed by atoms with Crippen molar-refractivity contribution in [2.24, 2.45) is 11.3 Å². The lowest BCUT2D eigenvalue weighted by molar-refractivity contribution is 0.145. The normalized spacial score (nSPS) is 17.4. The molecule has 1 rings (SSSR count). The highest BCUT2D eigenvalue weighted by Crippen LogP contribution is 2.42. The zero-order valence-corrected chi connectivity index (χ0v) is 14.3. The summed E-state index contributed by atoms with van der Waals surface area (Å²) in [5, 5.41) is 7.52. The van der Waals surface area contributed by atoms with Gasteiger partial charge < -0.3 is 15.4 Å². The van der Waals surface area contributed by atoms with E-state index in [0.29, 0.717) is 5.41 Å². The lowest BCUT2D eigenvalue weighted by Gasteiger charge is -2.31. The lowest BCUT2D eigenvalue weighted by Crippen LogP contribution is -2.42. The summed E-state index contributed by atoms with van der Waals surface area (Å²) in [6, 6.07) is 0. The van der Waals surface area contributed by atoms with Gasteiger partial charge in [-0.05, 0) is 56.2 Å². The molecule has 20 heavy (non-hydrogen) atoms. The molecule has 0 saturated heterocycles. The molecule has 0 heterocycles. The summed E-state index contributed by atoms with van der Waals surface area (Å²) in [5.41, 5.74) is 0.477. The second-order valence-corrected chi connectivity index (χ2v) is 6.87. The van der Waals surface area contributed by atoms with Crippen LogP contribution in [0.5, 0.6) is 0 Å². The second kappa shape index (κ2) is 9.56. The van der Waals surface area contributed by atoms with Crippen LogP contribution in [0, 0.1) is 11.3 Å². The van der Waals surface area contributed by atoms with Gasteiger partial charge in [0.1, 0.15) is 0 Å². The summed E-state index contributed by atoms with van der Waals surface area (Å²) in [7, 11) is 0. The molecule has 3 nitrogen and oxygen atoms in total. The molecule has 1 saturated carbocycles. The number of thiocarbonyl (C=S) groups is 1. The van der Waals surface area contributed by atoms with Gasteiger partial charge in [-0.15, -0.1) is 0 Å². The molecule has 0 unspecified atom stereocenters. The van der Waals surface area contributed by atoms with E-state index in [4.69, 9.17) is 17.0 Å². The standard InChI is InChI=1S/C16H32N2OS/c1-4-19-11-7-10-17-15(20)18-13-16(12-14(2)3)8-5-6-9-16/h14H,4-13H2,1-3H3,(H2,17,18,20).